The third kappa shape index (κ3) is 1.75. The van der Waals surface area contributed by atoms with Crippen LogP contribution in [0, 0.1) is 11.3 Å². The average Bonchev–Trinajstić information content (AvgIpc) is 2.75. The minimum Gasteiger partial charge on any atom is -0.403 e. The van der Waals surface area contributed by atoms with Crippen LogP contribution in [-0.2, 0) is 9.31 Å². The molecule has 1 aliphatic carbocycles. The molecule has 1 heterocycles. The largest absolute Gasteiger partial charge is 0.462 e. The first kappa shape index (κ1) is 13.3. The van der Waals surface area contributed by atoms with Crippen LogP contribution in [0.4, 0.5) is 0 Å². The molecule has 2 fully saturated rings. The van der Waals surface area contributed by atoms with E-state index < -0.39 is 0 Å². The van der Waals surface area contributed by atoms with Gasteiger partial charge in [-0.05, 0) is 39.0 Å². The average molecular weight is 242 g/mol. The molecule has 1 saturated heterocycles. The highest BCUT2D eigenvalue weighted by Gasteiger charge is 2.70. The highest BCUT2D eigenvalue weighted by Crippen LogP contribution is 2.66. The van der Waals surface area contributed by atoms with Crippen LogP contribution in [0.1, 0.15) is 34.6 Å². The lowest BCUT2D eigenvalue weighted by atomic mass is 9.77. The molecule has 0 aromatic heterocycles. The summed E-state index contributed by atoms with van der Waals surface area (Å²) in [7, 11) is -0.325. The lowest BCUT2D eigenvalue weighted by Gasteiger charge is -2.32. The first-order chi connectivity index (χ1) is 7.69. The molecule has 0 radical (unpaired) electrons. The molecule has 1 saturated carbocycles. The molecule has 5 heteroatoms. The van der Waals surface area contributed by atoms with Gasteiger partial charge in [-0.25, -0.2) is 0 Å². The summed E-state index contributed by atoms with van der Waals surface area (Å²) < 4.78 is 11.9. The van der Waals surface area contributed by atoms with Crippen molar-refractivity contribution in [3.63, 3.8) is 0 Å². The van der Waals surface area contributed by atoms with Crippen LogP contribution < -0.4 is 0 Å². The Morgan fingerprint density at radius 2 is 1.47 bits per heavy atom. The zero-order chi connectivity index (χ0) is 13.1. The highest BCUT2D eigenvalue weighted by molar-refractivity contribution is 6.49. The molecule has 98 valence electrons. The SMILES string of the molecule is CC1(C)OB(C2[C@H](CO)[C@]2(C)CO)OC1(C)C. The first-order valence-electron chi connectivity index (χ1n) is 6.27. The Morgan fingerprint density at radius 3 is 1.76 bits per heavy atom. The Labute approximate surface area is 103 Å². The molecule has 0 bridgehead atoms. The molecule has 0 amide bonds. The topological polar surface area (TPSA) is 58.9 Å². The van der Waals surface area contributed by atoms with Gasteiger partial charge >= 0.3 is 7.12 Å². The standard InChI is InChI=1S/C12H23BO4/c1-10(2)11(3,4)17-13(16-10)9-8(6-14)12(9,5)7-15/h8-9,14-15H,6-7H2,1-5H3/t8-,9?,12-/m0/s1. The molecule has 17 heavy (non-hydrogen) atoms. The van der Waals surface area contributed by atoms with Gasteiger partial charge in [-0.15, -0.1) is 0 Å². The molecule has 2 aliphatic rings. The maximum atomic E-state index is 9.44. The predicted molar refractivity (Wildman–Crippen MR) is 65.6 cm³/mol. The van der Waals surface area contributed by atoms with Crippen LogP contribution in [0.2, 0.25) is 5.82 Å². The van der Waals surface area contributed by atoms with Gasteiger partial charge < -0.3 is 19.5 Å². The van der Waals surface area contributed by atoms with Crippen LogP contribution in [0.25, 0.3) is 0 Å². The summed E-state index contributed by atoms with van der Waals surface area (Å²) in [6.45, 7) is 10.2. The Balaban J connectivity index is 2.13. The number of hydrogen-bond donors (Lipinski definition) is 2. The fourth-order valence-corrected chi connectivity index (χ4v) is 2.78. The molecule has 0 aromatic rings. The Kier molecular flexibility index (Phi) is 2.90. The molecule has 0 spiro atoms. The van der Waals surface area contributed by atoms with E-state index in [1.807, 2.05) is 34.6 Å². The second kappa shape index (κ2) is 3.70. The van der Waals surface area contributed by atoms with Crippen molar-refractivity contribution in [2.24, 2.45) is 11.3 Å². The fourth-order valence-electron chi connectivity index (χ4n) is 2.78. The zero-order valence-corrected chi connectivity index (χ0v) is 11.4. The molecule has 1 aliphatic heterocycles. The minimum absolute atomic E-state index is 0.0625. The summed E-state index contributed by atoms with van der Waals surface area (Å²) >= 11 is 0. The first-order valence-corrected chi connectivity index (χ1v) is 6.27. The lowest BCUT2D eigenvalue weighted by Crippen LogP contribution is -2.41. The Bertz CT molecular complexity index is 302. The van der Waals surface area contributed by atoms with Gasteiger partial charge in [0.1, 0.15) is 0 Å². The van der Waals surface area contributed by atoms with Crippen molar-refractivity contribution in [1.82, 2.24) is 0 Å². The molecular formula is C12H23BO4. The van der Waals surface area contributed by atoms with E-state index in [1.54, 1.807) is 0 Å². The number of rotatable bonds is 3. The van der Waals surface area contributed by atoms with E-state index in [2.05, 4.69) is 0 Å². The monoisotopic (exact) mass is 242 g/mol. The molecule has 2 N–H and O–H groups in total. The molecule has 3 atom stereocenters. The normalized spacial score (nSPS) is 42.9. The van der Waals surface area contributed by atoms with Crippen molar-refractivity contribution in [2.45, 2.75) is 51.6 Å². The van der Waals surface area contributed by atoms with Crippen LogP contribution in [-0.4, -0.2) is 41.7 Å². The molecule has 4 nitrogen and oxygen atoms in total. The van der Waals surface area contributed by atoms with E-state index >= 15 is 0 Å². The maximum absolute atomic E-state index is 9.44. The summed E-state index contributed by atoms with van der Waals surface area (Å²) in [4.78, 5) is 0. The number of aliphatic hydroxyl groups excluding tert-OH is 2. The molecule has 0 aromatic carbocycles. The summed E-state index contributed by atoms with van der Waals surface area (Å²) in [5.74, 6) is 0.153. The van der Waals surface area contributed by atoms with Gasteiger partial charge in [0, 0.05) is 19.0 Å². The molecule has 2 rings (SSSR count). The third-order valence-corrected chi connectivity index (χ3v) is 5.03. The van der Waals surface area contributed by atoms with Crippen molar-refractivity contribution in [1.29, 1.82) is 0 Å². The highest BCUT2D eigenvalue weighted by atomic mass is 16.7. The van der Waals surface area contributed by atoms with Gasteiger partial charge in [0.25, 0.3) is 0 Å². The van der Waals surface area contributed by atoms with E-state index in [0.717, 1.165) is 0 Å². The molecular weight excluding hydrogens is 219 g/mol. The van der Waals surface area contributed by atoms with Crippen molar-refractivity contribution in [3.8, 4) is 0 Å². The van der Waals surface area contributed by atoms with E-state index in [4.69, 9.17) is 9.31 Å². The second-order valence-electron chi connectivity index (χ2n) is 6.60. The fraction of sp³-hybridized carbons (Fsp3) is 1.00. The summed E-state index contributed by atoms with van der Waals surface area (Å²) in [5, 5.41) is 18.8. The minimum atomic E-state index is -0.351. The van der Waals surface area contributed by atoms with Crippen LogP contribution in [0.15, 0.2) is 0 Å². The van der Waals surface area contributed by atoms with Crippen molar-refractivity contribution >= 4 is 7.12 Å². The van der Waals surface area contributed by atoms with Gasteiger partial charge in [0.05, 0.1) is 11.2 Å². The van der Waals surface area contributed by atoms with Gasteiger partial charge in [0.15, 0.2) is 0 Å². The van der Waals surface area contributed by atoms with Gasteiger partial charge in [-0.2, -0.15) is 0 Å². The van der Waals surface area contributed by atoms with Crippen LogP contribution in [0.5, 0.6) is 0 Å². The number of aliphatic hydroxyl groups is 2. The van der Waals surface area contributed by atoms with E-state index in [-0.39, 0.29) is 48.7 Å². The van der Waals surface area contributed by atoms with Crippen molar-refractivity contribution < 1.29 is 19.5 Å². The summed E-state index contributed by atoms with van der Waals surface area (Å²) in [6, 6.07) is 0. The van der Waals surface area contributed by atoms with Crippen LogP contribution >= 0.6 is 0 Å². The third-order valence-electron chi connectivity index (χ3n) is 5.03. The second-order valence-corrected chi connectivity index (χ2v) is 6.60. The van der Waals surface area contributed by atoms with Gasteiger partial charge in [-0.1, -0.05) is 6.92 Å². The Hall–Kier alpha value is -0.0951. The molecule has 1 unspecified atom stereocenters. The maximum Gasteiger partial charge on any atom is 0.462 e. The van der Waals surface area contributed by atoms with Crippen molar-refractivity contribution in [2.75, 3.05) is 13.2 Å². The Morgan fingerprint density at radius 1 is 1.00 bits per heavy atom. The van der Waals surface area contributed by atoms with E-state index in [1.165, 1.54) is 0 Å². The quantitative estimate of drug-likeness (QED) is 0.727. The predicted octanol–water partition coefficient (Wildman–Crippen LogP) is 1.07. The van der Waals surface area contributed by atoms with Gasteiger partial charge in [-0.3, -0.25) is 0 Å². The van der Waals surface area contributed by atoms with E-state index in [0.29, 0.717) is 0 Å². The van der Waals surface area contributed by atoms with Crippen LogP contribution in [0.3, 0.4) is 0 Å². The summed E-state index contributed by atoms with van der Waals surface area (Å²) in [5.41, 5.74) is -0.969. The lowest BCUT2D eigenvalue weighted by molar-refractivity contribution is 0.00578. The van der Waals surface area contributed by atoms with Crippen molar-refractivity contribution in [3.05, 3.63) is 0 Å². The summed E-state index contributed by atoms with van der Waals surface area (Å²) in [6.07, 6.45) is 0. The zero-order valence-electron chi connectivity index (χ0n) is 11.4. The van der Waals surface area contributed by atoms with E-state index in [9.17, 15) is 10.2 Å². The number of hydrogen-bond acceptors (Lipinski definition) is 4. The smallest absolute Gasteiger partial charge is 0.403 e. The van der Waals surface area contributed by atoms with Gasteiger partial charge in [0.2, 0.25) is 0 Å².